The lowest BCUT2D eigenvalue weighted by Gasteiger charge is -2.22. The second kappa shape index (κ2) is 6.98. The average molecular weight is 295 g/mol. The standard InChI is InChI=1S/C16H23ClN2O/c1-3-11-6-5-7-14(11)19-15-10-12(8-9-13(15)17)18-16(20)4-2/h8-11,14,19H,3-7H2,1-2H3,(H,18,20). The number of rotatable bonds is 5. The van der Waals surface area contributed by atoms with Crippen molar-refractivity contribution in [2.24, 2.45) is 5.92 Å². The van der Waals surface area contributed by atoms with Crippen LogP contribution in [0.25, 0.3) is 0 Å². The monoisotopic (exact) mass is 294 g/mol. The summed E-state index contributed by atoms with van der Waals surface area (Å²) in [7, 11) is 0. The molecular weight excluding hydrogens is 272 g/mol. The Morgan fingerprint density at radius 1 is 1.35 bits per heavy atom. The minimum atomic E-state index is 0.0190. The minimum absolute atomic E-state index is 0.0190. The maximum Gasteiger partial charge on any atom is 0.224 e. The Hall–Kier alpha value is -1.22. The Balaban J connectivity index is 2.10. The third-order valence-electron chi connectivity index (χ3n) is 4.10. The Kier molecular flexibility index (Phi) is 5.30. The summed E-state index contributed by atoms with van der Waals surface area (Å²) in [6.45, 7) is 4.08. The van der Waals surface area contributed by atoms with Crippen LogP contribution in [-0.4, -0.2) is 11.9 Å². The van der Waals surface area contributed by atoms with E-state index in [1.165, 1.54) is 25.7 Å². The zero-order chi connectivity index (χ0) is 14.5. The van der Waals surface area contributed by atoms with Gasteiger partial charge in [0.2, 0.25) is 5.91 Å². The summed E-state index contributed by atoms with van der Waals surface area (Å²) >= 11 is 6.26. The first-order valence-electron chi connectivity index (χ1n) is 7.50. The van der Waals surface area contributed by atoms with E-state index in [1.807, 2.05) is 25.1 Å². The van der Waals surface area contributed by atoms with E-state index in [-0.39, 0.29) is 5.91 Å². The highest BCUT2D eigenvalue weighted by Gasteiger charge is 2.26. The minimum Gasteiger partial charge on any atom is -0.381 e. The fourth-order valence-corrected chi connectivity index (χ4v) is 3.05. The van der Waals surface area contributed by atoms with Crippen LogP contribution < -0.4 is 10.6 Å². The summed E-state index contributed by atoms with van der Waals surface area (Å²) < 4.78 is 0. The van der Waals surface area contributed by atoms with Gasteiger partial charge in [-0.05, 0) is 37.0 Å². The summed E-state index contributed by atoms with van der Waals surface area (Å²) in [5.41, 5.74) is 1.72. The Morgan fingerprint density at radius 2 is 2.15 bits per heavy atom. The van der Waals surface area contributed by atoms with Crippen LogP contribution in [0.15, 0.2) is 18.2 Å². The number of amides is 1. The molecule has 1 fully saturated rings. The summed E-state index contributed by atoms with van der Waals surface area (Å²) in [6, 6.07) is 6.11. The van der Waals surface area contributed by atoms with Gasteiger partial charge in [0, 0.05) is 18.2 Å². The second-order valence-electron chi connectivity index (χ2n) is 5.45. The fraction of sp³-hybridized carbons (Fsp3) is 0.562. The van der Waals surface area contributed by atoms with Gasteiger partial charge < -0.3 is 10.6 Å². The Bertz CT molecular complexity index is 476. The maximum absolute atomic E-state index is 11.5. The van der Waals surface area contributed by atoms with Gasteiger partial charge in [0.05, 0.1) is 10.7 Å². The fourth-order valence-electron chi connectivity index (χ4n) is 2.88. The SMILES string of the molecule is CCC(=O)Nc1ccc(Cl)c(NC2CCCC2CC)c1. The van der Waals surface area contributed by atoms with Gasteiger partial charge in [-0.2, -0.15) is 0 Å². The molecule has 2 N–H and O–H groups in total. The van der Waals surface area contributed by atoms with Crippen molar-refractivity contribution in [2.45, 2.75) is 52.0 Å². The van der Waals surface area contributed by atoms with Gasteiger partial charge in [0.15, 0.2) is 0 Å². The zero-order valence-corrected chi connectivity index (χ0v) is 13.0. The van der Waals surface area contributed by atoms with E-state index < -0.39 is 0 Å². The van der Waals surface area contributed by atoms with Gasteiger partial charge in [-0.3, -0.25) is 4.79 Å². The summed E-state index contributed by atoms with van der Waals surface area (Å²) in [6.07, 6.45) is 5.44. The number of nitrogens with one attached hydrogen (secondary N) is 2. The topological polar surface area (TPSA) is 41.1 Å². The molecule has 1 aliphatic carbocycles. The highest BCUT2D eigenvalue weighted by molar-refractivity contribution is 6.33. The van der Waals surface area contributed by atoms with Crippen LogP contribution in [0.2, 0.25) is 5.02 Å². The first kappa shape index (κ1) is 15.2. The van der Waals surface area contributed by atoms with Gasteiger partial charge in [-0.1, -0.05) is 38.3 Å². The van der Waals surface area contributed by atoms with Crippen molar-refractivity contribution in [1.29, 1.82) is 0 Å². The lowest BCUT2D eigenvalue weighted by Crippen LogP contribution is -2.23. The number of hydrogen-bond donors (Lipinski definition) is 2. The molecule has 0 heterocycles. The van der Waals surface area contributed by atoms with Crippen LogP contribution in [0.1, 0.15) is 46.0 Å². The van der Waals surface area contributed by atoms with Crippen molar-refractivity contribution in [3.63, 3.8) is 0 Å². The molecule has 1 aromatic carbocycles. The Morgan fingerprint density at radius 3 is 2.85 bits per heavy atom. The van der Waals surface area contributed by atoms with Crippen molar-refractivity contribution in [3.8, 4) is 0 Å². The third kappa shape index (κ3) is 3.66. The van der Waals surface area contributed by atoms with Gasteiger partial charge >= 0.3 is 0 Å². The van der Waals surface area contributed by atoms with E-state index in [0.717, 1.165) is 17.3 Å². The number of benzene rings is 1. The van der Waals surface area contributed by atoms with Crippen LogP contribution >= 0.6 is 11.6 Å². The van der Waals surface area contributed by atoms with E-state index in [0.29, 0.717) is 17.5 Å². The molecular formula is C16H23ClN2O. The largest absolute Gasteiger partial charge is 0.381 e. The van der Waals surface area contributed by atoms with Gasteiger partial charge in [0.1, 0.15) is 0 Å². The zero-order valence-electron chi connectivity index (χ0n) is 12.2. The number of carbonyl (C=O) groups is 1. The summed E-state index contributed by atoms with van der Waals surface area (Å²) in [5, 5.41) is 7.14. The van der Waals surface area contributed by atoms with Crippen molar-refractivity contribution >= 4 is 28.9 Å². The normalized spacial score (nSPS) is 21.8. The predicted molar refractivity (Wildman–Crippen MR) is 85.4 cm³/mol. The highest BCUT2D eigenvalue weighted by atomic mass is 35.5. The summed E-state index contributed by atoms with van der Waals surface area (Å²) in [4.78, 5) is 11.5. The molecule has 0 spiro atoms. The van der Waals surface area contributed by atoms with Gasteiger partial charge in [-0.25, -0.2) is 0 Å². The van der Waals surface area contributed by atoms with Crippen LogP contribution in [0, 0.1) is 5.92 Å². The average Bonchev–Trinajstić information content (AvgIpc) is 2.89. The van der Waals surface area contributed by atoms with E-state index >= 15 is 0 Å². The van der Waals surface area contributed by atoms with Gasteiger partial charge in [-0.15, -0.1) is 0 Å². The molecule has 1 aliphatic rings. The molecule has 0 bridgehead atoms. The molecule has 1 amide bonds. The number of anilines is 2. The van der Waals surface area contributed by atoms with Crippen molar-refractivity contribution in [2.75, 3.05) is 10.6 Å². The predicted octanol–water partition coefficient (Wildman–Crippen LogP) is 4.68. The quantitative estimate of drug-likeness (QED) is 0.828. The molecule has 110 valence electrons. The van der Waals surface area contributed by atoms with E-state index in [1.54, 1.807) is 0 Å². The molecule has 0 radical (unpaired) electrons. The molecule has 2 rings (SSSR count). The number of hydrogen-bond acceptors (Lipinski definition) is 2. The lowest BCUT2D eigenvalue weighted by atomic mass is 10.0. The molecule has 20 heavy (non-hydrogen) atoms. The van der Waals surface area contributed by atoms with Crippen LogP contribution in [0.3, 0.4) is 0 Å². The van der Waals surface area contributed by atoms with Crippen molar-refractivity contribution in [3.05, 3.63) is 23.2 Å². The summed E-state index contributed by atoms with van der Waals surface area (Å²) in [5.74, 6) is 0.741. The van der Waals surface area contributed by atoms with Crippen molar-refractivity contribution in [1.82, 2.24) is 0 Å². The number of carbonyl (C=O) groups excluding carboxylic acids is 1. The van der Waals surface area contributed by atoms with E-state index in [2.05, 4.69) is 17.6 Å². The van der Waals surface area contributed by atoms with E-state index in [9.17, 15) is 4.79 Å². The van der Waals surface area contributed by atoms with Crippen LogP contribution in [0.4, 0.5) is 11.4 Å². The highest BCUT2D eigenvalue weighted by Crippen LogP contribution is 2.33. The lowest BCUT2D eigenvalue weighted by molar-refractivity contribution is -0.115. The molecule has 1 saturated carbocycles. The molecule has 3 nitrogen and oxygen atoms in total. The van der Waals surface area contributed by atoms with Crippen LogP contribution in [-0.2, 0) is 4.79 Å². The van der Waals surface area contributed by atoms with Gasteiger partial charge in [0.25, 0.3) is 0 Å². The van der Waals surface area contributed by atoms with E-state index in [4.69, 9.17) is 11.6 Å². The Labute approximate surface area is 126 Å². The third-order valence-corrected chi connectivity index (χ3v) is 4.43. The molecule has 1 aromatic rings. The first-order valence-corrected chi connectivity index (χ1v) is 7.87. The molecule has 0 aromatic heterocycles. The molecule has 2 unspecified atom stereocenters. The van der Waals surface area contributed by atoms with Crippen LogP contribution in [0.5, 0.6) is 0 Å². The molecule has 0 saturated heterocycles. The molecule has 4 heteroatoms. The number of halogens is 1. The van der Waals surface area contributed by atoms with Crippen molar-refractivity contribution < 1.29 is 4.79 Å². The molecule has 2 atom stereocenters. The smallest absolute Gasteiger partial charge is 0.224 e. The maximum atomic E-state index is 11.5. The first-order chi connectivity index (χ1) is 9.63. The second-order valence-corrected chi connectivity index (χ2v) is 5.85. The molecule has 0 aliphatic heterocycles.